The maximum Gasteiger partial charge on any atom is 0.240 e. The Morgan fingerprint density at radius 3 is 2.24 bits per heavy atom. The second-order valence-corrected chi connectivity index (χ2v) is 8.81. The van der Waals surface area contributed by atoms with Gasteiger partial charge in [0.25, 0.3) is 0 Å². The molecular weight excluding hydrogens is 410 g/mol. The first-order valence-corrected chi connectivity index (χ1v) is 11.5. The standard InChI is InChI=1S/C21H28ClN3O3S/c1-3-25(4-2)16-18-8-6-5-7-17(18)15-23-21(26)13-14-24-29(27,28)20-11-9-19(22)10-12-20/h5-12,24H,3-4,13-16H2,1-2H3,(H,23,26). The van der Waals surface area contributed by atoms with Gasteiger partial charge in [0.1, 0.15) is 0 Å². The maximum absolute atomic E-state index is 12.2. The highest BCUT2D eigenvalue weighted by molar-refractivity contribution is 7.89. The van der Waals surface area contributed by atoms with E-state index in [1.54, 1.807) is 0 Å². The van der Waals surface area contributed by atoms with Gasteiger partial charge >= 0.3 is 0 Å². The van der Waals surface area contributed by atoms with Gasteiger partial charge in [0, 0.05) is 31.1 Å². The van der Waals surface area contributed by atoms with Crippen LogP contribution in [0.15, 0.2) is 53.4 Å². The van der Waals surface area contributed by atoms with E-state index in [0.717, 1.165) is 25.2 Å². The van der Waals surface area contributed by atoms with Crippen molar-refractivity contribution in [2.45, 2.75) is 38.3 Å². The Bertz CT molecular complexity index is 898. The van der Waals surface area contributed by atoms with E-state index in [9.17, 15) is 13.2 Å². The summed E-state index contributed by atoms with van der Waals surface area (Å²) in [6.07, 6.45) is 0.0605. The summed E-state index contributed by atoms with van der Waals surface area (Å²) in [6.45, 7) is 7.45. The molecule has 0 aromatic heterocycles. The molecule has 29 heavy (non-hydrogen) atoms. The zero-order valence-corrected chi connectivity index (χ0v) is 18.4. The van der Waals surface area contributed by atoms with E-state index in [0.29, 0.717) is 11.6 Å². The molecule has 2 N–H and O–H groups in total. The first-order chi connectivity index (χ1) is 13.9. The van der Waals surface area contributed by atoms with Gasteiger partial charge in [-0.3, -0.25) is 9.69 Å². The Hall–Kier alpha value is -1.93. The van der Waals surface area contributed by atoms with Gasteiger partial charge in [0.05, 0.1) is 4.90 Å². The highest BCUT2D eigenvalue weighted by Gasteiger charge is 2.14. The first-order valence-electron chi connectivity index (χ1n) is 9.66. The fourth-order valence-electron chi connectivity index (χ4n) is 2.85. The third kappa shape index (κ3) is 7.44. The number of rotatable bonds is 11. The molecular formula is C21H28ClN3O3S. The largest absolute Gasteiger partial charge is 0.352 e. The van der Waals surface area contributed by atoms with Crippen molar-refractivity contribution in [1.82, 2.24) is 14.9 Å². The normalized spacial score (nSPS) is 11.6. The molecule has 2 aromatic rings. The van der Waals surface area contributed by atoms with Crippen LogP contribution in [-0.2, 0) is 27.9 Å². The van der Waals surface area contributed by atoms with Crippen LogP contribution in [0.25, 0.3) is 0 Å². The average Bonchev–Trinajstić information content (AvgIpc) is 2.71. The summed E-state index contributed by atoms with van der Waals surface area (Å²) in [5, 5.41) is 3.33. The molecule has 0 fully saturated rings. The van der Waals surface area contributed by atoms with Gasteiger partial charge in [-0.2, -0.15) is 0 Å². The number of hydrogen-bond acceptors (Lipinski definition) is 4. The van der Waals surface area contributed by atoms with Gasteiger partial charge in [-0.1, -0.05) is 49.7 Å². The Morgan fingerprint density at radius 1 is 1.00 bits per heavy atom. The lowest BCUT2D eigenvalue weighted by molar-refractivity contribution is -0.121. The molecule has 0 radical (unpaired) electrons. The van der Waals surface area contributed by atoms with E-state index in [1.807, 2.05) is 18.2 Å². The Balaban J connectivity index is 1.84. The Kier molecular flexibility index (Phi) is 9.10. The number of nitrogens with zero attached hydrogens (tertiary/aromatic N) is 1. The quantitative estimate of drug-likeness (QED) is 0.566. The molecule has 0 saturated carbocycles. The van der Waals surface area contributed by atoms with Crippen LogP contribution in [0, 0.1) is 0 Å². The van der Waals surface area contributed by atoms with E-state index < -0.39 is 10.0 Å². The molecule has 0 spiro atoms. The SMILES string of the molecule is CCN(CC)Cc1ccccc1CNC(=O)CCNS(=O)(=O)c1ccc(Cl)cc1. The number of carbonyl (C=O) groups excluding carboxylic acids is 1. The Morgan fingerprint density at radius 2 is 1.62 bits per heavy atom. The minimum absolute atomic E-state index is 0.0257. The van der Waals surface area contributed by atoms with E-state index in [-0.39, 0.29) is 23.8 Å². The molecule has 6 nitrogen and oxygen atoms in total. The van der Waals surface area contributed by atoms with E-state index in [2.05, 4.69) is 34.9 Å². The summed E-state index contributed by atoms with van der Waals surface area (Å²) in [6, 6.07) is 13.9. The smallest absolute Gasteiger partial charge is 0.240 e. The van der Waals surface area contributed by atoms with Crippen molar-refractivity contribution in [3.8, 4) is 0 Å². The molecule has 2 rings (SSSR count). The van der Waals surface area contributed by atoms with Crippen LogP contribution in [0.5, 0.6) is 0 Å². The highest BCUT2D eigenvalue weighted by atomic mass is 35.5. The van der Waals surface area contributed by atoms with Crippen molar-refractivity contribution in [2.75, 3.05) is 19.6 Å². The zero-order valence-electron chi connectivity index (χ0n) is 16.8. The van der Waals surface area contributed by atoms with E-state index in [4.69, 9.17) is 11.6 Å². The lowest BCUT2D eigenvalue weighted by Gasteiger charge is -2.20. The summed E-state index contributed by atoms with van der Waals surface area (Å²) < 4.78 is 26.9. The maximum atomic E-state index is 12.2. The van der Waals surface area contributed by atoms with Gasteiger partial charge in [-0.05, 0) is 48.5 Å². The highest BCUT2D eigenvalue weighted by Crippen LogP contribution is 2.14. The predicted octanol–water partition coefficient (Wildman–Crippen LogP) is 3.17. The third-order valence-electron chi connectivity index (χ3n) is 4.65. The molecule has 0 atom stereocenters. The van der Waals surface area contributed by atoms with Crippen molar-refractivity contribution in [3.63, 3.8) is 0 Å². The van der Waals surface area contributed by atoms with Crippen molar-refractivity contribution in [3.05, 3.63) is 64.7 Å². The van der Waals surface area contributed by atoms with Gasteiger partial charge in [-0.15, -0.1) is 0 Å². The van der Waals surface area contributed by atoms with Crippen LogP contribution in [0.3, 0.4) is 0 Å². The molecule has 0 heterocycles. The molecule has 0 bridgehead atoms. The number of benzene rings is 2. The van der Waals surface area contributed by atoms with Crippen LogP contribution in [0.1, 0.15) is 31.4 Å². The van der Waals surface area contributed by atoms with E-state index in [1.165, 1.54) is 29.8 Å². The lowest BCUT2D eigenvalue weighted by Crippen LogP contribution is -2.31. The van der Waals surface area contributed by atoms with Gasteiger partial charge in [0.2, 0.25) is 15.9 Å². The number of nitrogens with one attached hydrogen (secondary N) is 2. The van der Waals surface area contributed by atoms with Gasteiger partial charge in [-0.25, -0.2) is 13.1 Å². The molecule has 0 saturated heterocycles. The average molecular weight is 438 g/mol. The molecule has 8 heteroatoms. The number of hydrogen-bond donors (Lipinski definition) is 2. The molecule has 1 amide bonds. The number of carbonyl (C=O) groups is 1. The molecule has 2 aromatic carbocycles. The first kappa shape index (κ1) is 23.3. The second kappa shape index (κ2) is 11.3. The fraction of sp³-hybridized carbons (Fsp3) is 0.381. The molecule has 0 unspecified atom stereocenters. The van der Waals surface area contributed by atoms with Gasteiger partial charge < -0.3 is 5.32 Å². The van der Waals surface area contributed by atoms with Crippen molar-refractivity contribution < 1.29 is 13.2 Å². The van der Waals surface area contributed by atoms with Crippen molar-refractivity contribution in [2.24, 2.45) is 0 Å². The minimum Gasteiger partial charge on any atom is -0.352 e. The number of sulfonamides is 1. The summed E-state index contributed by atoms with van der Waals surface area (Å²) in [5.41, 5.74) is 2.24. The topological polar surface area (TPSA) is 78.5 Å². The summed E-state index contributed by atoms with van der Waals surface area (Å²) in [7, 11) is -3.66. The fourth-order valence-corrected chi connectivity index (χ4v) is 4.01. The molecule has 158 valence electrons. The Labute approximate surface area is 178 Å². The summed E-state index contributed by atoms with van der Waals surface area (Å²) in [5.74, 6) is -0.207. The zero-order chi connectivity index (χ0) is 21.3. The lowest BCUT2D eigenvalue weighted by atomic mass is 10.1. The number of amides is 1. The second-order valence-electron chi connectivity index (χ2n) is 6.61. The summed E-state index contributed by atoms with van der Waals surface area (Å²) in [4.78, 5) is 14.6. The van der Waals surface area contributed by atoms with Crippen LogP contribution < -0.4 is 10.0 Å². The van der Waals surface area contributed by atoms with Crippen molar-refractivity contribution in [1.29, 1.82) is 0 Å². The monoisotopic (exact) mass is 437 g/mol. The molecule has 0 aliphatic carbocycles. The molecule has 0 aliphatic rings. The van der Waals surface area contributed by atoms with Crippen LogP contribution >= 0.6 is 11.6 Å². The third-order valence-corrected chi connectivity index (χ3v) is 6.38. The van der Waals surface area contributed by atoms with Crippen LogP contribution in [0.2, 0.25) is 5.02 Å². The number of halogens is 1. The van der Waals surface area contributed by atoms with Crippen LogP contribution in [0.4, 0.5) is 0 Å². The predicted molar refractivity (Wildman–Crippen MR) is 116 cm³/mol. The van der Waals surface area contributed by atoms with Crippen molar-refractivity contribution >= 4 is 27.5 Å². The summed E-state index contributed by atoms with van der Waals surface area (Å²) >= 11 is 5.78. The molecule has 0 aliphatic heterocycles. The van der Waals surface area contributed by atoms with Gasteiger partial charge in [0.15, 0.2) is 0 Å². The van der Waals surface area contributed by atoms with Crippen LogP contribution in [-0.4, -0.2) is 38.9 Å². The van der Waals surface area contributed by atoms with E-state index >= 15 is 0 Å². The minimum atomic E-state index is -3.66.